The normalized spacial score (nSPS) is 24.3. The van der Waals surface area contributed by atoms with Crippen molar-refractivity contribution in [2.45, 2.75) is 26.2 Å². The fourth-order valence-electron chi connectivity index (χ4n) is 3.13. The SMILES string of the molecule is CC1(C(N)=O)CCN(C(=O)c2ccc3c(c2)CCCN3)C1. The van der Waals surface area contributed by atoms with Crippen molar-refractivity contribution in [3.63, 3.8) is 0 Å². The van der Waals surface area contributed by atoms with E-state index in [1.54, 1.807) is 4.90 Å². The number of likely N-dealkylation sites (tertiary alicyclic amines) is 1. The number of nitrogens with zero attached hydrogens (tertiary/aromatic N) is 1. The summed E-state index contributed by atoms with van der Waals surface area (Å²) in [6.07, 6.45) is 2.73. The Bertz CT molecular complexity index is 599. The number of hydrogen-bond acceptors (Lipinski definition) is 3. The monoisotopic (exact) mass is 287 g/mol. The molecule has 1 saturated heterocycles. The first-order chi connectivity index (χ1) is 9.99. The molecular formula is C16H21N3O2. The summed E-state index contributed by atoms with van der Waals surface area (Å²) in [4.78, 5) is 25.8. The first kappa shape index (κ1) is 13.9. The Balaban J connectivity index is 1.79. The molecule has 0 aliphatic carbocycles. The molecule has 2 heterocycles. The van der Waals surface area contributed by atoms with Crippen LogP contribution in [0, 0.1) is 5.41 Å². The smallest absolute Gasteiger partial charge is 0.253 e. The third kappa shape index (κ3) is 2.48. The molecule has 0 saturated carbocycles. The van der Waals surface area contributed by atoms with E-state index in [1.807, 2.05) is 25.1 Å². The molecule has 2 amide bonds. The van der Waals surface area contributed by atoms with E-state index in [0.29, 0.717) is 25.1 Å². The van der Waals surface area contributed by atoms with Gasteiger partial charge in [0.05, 0.1) is 5.41 Å². The van der Waals surface area contributed by atoms with Crippen LogP contribution in [0.5, 0.6) is 0 Å². The lowest BCUT2D eigenvalue weighted by Crippen LogP contribution is -2.38. The van der Waals surface area contributed by atoms with Gasteiger partial charge in [-0.3, -0.25) is 9.59 Å². The Kier molecular flexibility index (Phi) is 3.35. The van der Waals surface area contributed by atoms with Gasteiger partial charge in [-0.1, -0.05) is 0 Å². The highest BCUT2D eigenvalue weighted by Crippen LogP contribution is 2.31. The Hall–Kier alpha value is -2.04. The Morgan fingerprint density at radius 1 is 1.38 bits per heavy atom. The second kappa shape index (κ2) is 5.06. The molecule has 3 rings (SSSR count). The van der Waals surface area contributed by atoms with Crippen molar-refractivity contribution < 1.29 is 9.59 Å². The molecule has 0 bridgehead atoms. The summed E-state index contributed by atoms with van der Waals surface area (Å²) in [5, 5.41) is 3.34. The van der Waals surface area contributed by atoms with Crippen molar-refractivity contribution in [1.82, 2.24) is 4.90 Å². The standard InChI is InChI=1S/C16H21N3O2/c1-16(15(17)21)6-8-19(10-16)14(20)12-4-5-13-11(9-12)3-2-7-18-13/h4-5,9,18H,2-3,6-8,10H2,1H3,(H2,17,21). The summed E-state index contributed by atoms with van der Waals surface area (Å²) >= 11 is 0. The van der Waals surface area contributed by atoms with Crippen LogP contribution >= 0.6 is 0 Å². The van der Waals surface area contributed by atoms with Gasteiger partial charge in [0.25, 0.3) is 5.91 Å². The molecule has 5 heteroatoms. The van der Waals surface area contributed by atoms with Gasteiger partial charge in [-0.25, -0.2) is 0 Å². The average molecular weight is 287 g/mol. The molecular weight excluding hydrogens is 266 g/mol. The molecule has 0 aromatic heterocycles. The van der Waals surface area contributed by atoms with Gasteiger partial charge in [-0.05, 0) is 49.9 Å². The van der Waals surface area contributed by atoms with Crippen molar-refractivity contribution >= 4 is 17.5 Å². The van der Waals surface area contributed by atoms with E-state index in [2.05, 4.69) is 5.32 Å². The largest absolute Gasteiger partial charge is 0.385 e. The average Bonchev–Trinajstić information content (AvgIpc) is 2.90. The molecule has 2 aliphatic heterocycles. The number of primary amides is 1. The highest BCUT2D eigenvalue weighted by Gasteiger charge is 2.40. The summed E-state index contributed by atoms with van der Waals surface area (Å²) in [7, 11) is 0. The van der Waals surface area contributed by atoms with Crippen molar-refractivity contribution in [3.05, 3.63) is 29.3 Å². The number of nitrogens with two attached hydrogens (primary N) is 1. The fraction of sp³-hybridized carbons (Fsp3) is 0.500. The summed E-state index contributed by atoms with van der Waals surface area (Å²) in [5.74, 6) is -0.333. The van der Waals surface area contributed by atoms with Crippen LogP contribution in [0.4, 0.5) is 5.69 Å². The summed E-state index contributed by atoms with van der Waals surface area (Å²) < 4.78 is 0. The third-order valence-corrected chi connectivity index (χ3v) is 4.65. The highest BCUT2D eigenvalue weighted by molar-refractivity contribution is 5.96. The minimum Gasteiger partial charge on any atom is -0.385 e. The maximum absolute atomic E-state index is 12.6. The number of carbonyl (C=O) groups excluding carboxylic acids is 2. The van der Waals surface area contributed by atoms with Crippen LogP contribution in [-0.4, -0.2) is 36.3 Å². The molecule has 0 radical (unpaired) electrons. The van der Waals surface area contributed by atoms with E-state index in [1.165, 1.54) is 5.56 Å². The van der Waals surface area contributed by atoms with E-state index < -0.39 is 5.41 Å². The quantitative estimate of drug-likeness (QED) is 0.863. The molecule has 1 fully saturated rings. The predicted octanol–water partition coefficient (Wildman–Crippen LogP) is 1.38. The Labute approximate surface area is 124 Å². The van der Waals surface area contributed by atoms with Gasteiger partial charge in [0.15, 0.2) is 0 Å². The number of benzene rings is 1. The molecule has 3 N–H and O–H groups in total. The second-order valence-electron chi connectivity index (χ2n) is 6.30. The van der Waals surface area contributed by atoms with E-state index in [0.717, 1.165) is 25.1 Å². The molecule has 1 aromatic rings. The Morgan fingerprint density at radius 2 is 2.19 bits per heavy atom. The number of amides is 2. The second-order valence-corrected chi connectivity index (χ2v) is 6.30. The maximum Gasteiger partial charge on any atom is 0.253 e. The molecule has 1 atom stereocenters. The lowest BCUT2D eigenvalue weighted by atomic mass is 9.89. The summed E-state index contributed by atoms with van der Waals surface area (Å²) in [6.45, 7) is 3.83. The van der Waals surface area contributed by atoms with Crippen LogP contribution in [0.1, 0.15) is 35.7 Å². The molecule has 1 aromatic carbocycles. The van der Waals surface area contributed by atoms with Crippen LogP contribution in [0.2, 0.25) is 0 Å². The predicted molar refractivity (Wildman–Crippen MR) is 81.1 cm³/mol. The van der Waals surface area contributed by atoms with E-state index in [-0.39, 0.29) is 11.8 Å². The van der Waals surface area contributed by atoms with Gasteiger partial charge in [0.2, 0.25) is 5.91 Å². The molecule has 21 heavy (non-hydrogen) atoms. The lowest BCUT2D eigenvalue weighted by Gasteiger charge is -2.22. The van der Waals surface area contributed by atoms with Gasteiger partial charge >= 0.3 is 0 Å². The van der Waals surface area contributed by atoms with Crippen LogP contribution in [-0.2, 0) is 11.2 Å². The number of nitrogens with one attached hydrogen (secondary N) is 1. The minimum atomic E-state index is -0.592. The number of anilines is 1. The zero-order valence-corrected chi connectivity index (χ0v) is 12.3. The molecule has 112 valence electrons. The number of carbonyl (C=O) groups is 2. The highest BCUT2D eigenvalue weighted by atomic mass is 16.2. The van der Waals surface area contributed by atoms with E-state index >= 15 is 0 Å². The van der Waals surface area contributed by atoms with Gasteiger partial charge in [-0.15, -0.1) is 0 Å². The fourth-order valence-corrected chi connectivity index (χ4v) is 3.13. The lowest BCUT2D eigenvalue weighted by molar-refractivity contribution is -0.126. The molecule has 0 spiro atoms. The first-order valence-electron chi connectivity index (χ1n) is 7.46. The van der Waals surface area contributed by atoms with Crippen molar-refractivity contribution in [3.8, 4) is 0 Å². The Morgan fingerprint density at radius 3 is 2.90 bits per heavy atom. The number of fused-ring (bicyclic) bond motifs is 1. The van der Waals surface area contributed by atoms with Gasteiger partial charge < -0.3 is 16.0 Å². The maximum atomic E-state index is 12.6. The van der Waals surface area contributed by atoms with Crippen molar-refractivity contribution in [1.29, 1.82) is 0 Å². The van der Waals surface area contributed by atoms with Crippen molar-refractivity contribution in [2.24, 2.45) is 11.1 Å². The number of hydrogen-bond donors (Lipinski definition) is 2. The zero-order valence-electron chi connectivity index (χ0n) is 12.3. The van der Waals surface area contributed by atoms with Gasteiger partial charge in [0, 0.05) is 30.9 Å². The topological polar surface area (TPSA) is 75.4 Å². The van der Waals surface area contributed by atoms with E-state index in [9.17, 15) is 9.59 Å². The summed E-state index contributed by atoms with van der Waals surface area (Å²) in [5.41, 5.74) is 7.87. The summed E-state index contributed by atoms with van der Waals surface area (Å²) in [6, 6.07) is 5.81. The van der Waals surface area contributed by atoms with Crippen LogP contribution in [0.15, 0.2) is 18.2 Å². The first-order valence-corrected chi connectivity index (χ1v) is 7.46. The van der Waals surface area contributed by atoms with Gasteiger partial charge in [0.1, 0.15) is 0 Å². The number of aryl methyl sites for hydroxylation is 1. The van der Waals surface area contributed by atoms with Crippen LogP contribution in [0.25, 0.3) is 0 Å². The third-order valence-electron chi connectivity index (χ3n) is 4.65. The molecule has 1 unspecified atom stereocenters. The zero-order chi connectivity index (χ0) is 15.0. The van der Waals surface area contributed by atoms with Crippen LogP contribution in [0.3, 0.4) is 0 Å². The minimum absolute atomic E-state index is 0.00616. The molecule has 5 nitrogen and oxygen atoms in total. The van der Waals surface area contributed by atoms with Gasteiger partial charge in [-0.2, -0.15) is 0 Å². The van der Waals surface area contributed by atoms with Crippen molar-refractivity contribution in [2.75, 3.05) is 25.0 Å². The van der Waals surface area contributed by atoms with E-state index in [4.69, 9.17) is 5.73 Å². The number of rotatable bonds is 2. The van der Waals surface area contributed by atoms with Crippen LogP contribution < -0.4 is 11.1 Å². The molecule has 2 aliphatic rings.